The molecule has 9 heteroatoms. The van der Waals surface area contributed by atoms with E-state index in [1.807, 2.05) is 30.3 Å². The van der Waals surface area contributed by atoms with Crippen LogP contribution in [0.15, 0.2) is 76.1 Å². The van der Waals surface area contributed by atoms with E-state index in [4.69, 9.17) is 9.26 Å². The molecule has 0 aliphatic carbocycles. The summed E-state index contributed by atoms with van der Waals surface area (Å²) >= 11 is 0. The summed E-state index contributed by atoms with van der Waals surface area (Å²) in [6, 6.07) is 19.5. The quantitative estimate of drug-likeness (QED) is 0.465. The first-order valence-electron chi connectivity index (χ1n) is 10.9. The Labute approximate surface area is 197 Å². The van der Waals surface area contributed by atoms with E-state index in [9.17, 15) is 13.2 Å². The normalized spacial score (nSPS) is 14.9. The van der Waals surface area contributed by atoms with Gasteiger partial charge in [-0.3, -0.25) is 4.79 Å². The Balaban J connectivity index is 1.43. The van der Waals surface area contributed by atoms with Gasteiger partial charge in [0.05, 0.1) is 23.5 Å². The smallest absolute Gasteiger partial charge is 0.255 e. The van der Waals surface area contributed by atoms with E-state index >= 15 is 0 Å². The van der Waals surface area contributed by atoms with Crippen LogP contribution >= 0.6 is 0 Å². The standard InChI is InChI=1S/C25H23N3O5S/c1-17-7-9-20(16-23(17)34(30,31)28-11-13-32-14-12-28)26-25(29)19-8-10-22-21(15-19)24(33-27-22)18-5-3-2-4-6-18/h2-10,15-16H,11-14H2,1H3,(H,26,29). The lowest BCUT2D eigenvalue weighted by Crippen LogP contribution is -2.40. The van der Waals surface area contributed by atoms with E-state index in [1.165, 1.54) is 10.4 Å². The number of anilines is 1. The molecule has 1 aliphatic rings. The first-order valence-corrected chi connectivity index (χ1v) is 12.3. The van der Waals surface area contributed by atoms with Crippen LogP contribution in [0.3, 0.4) is 0 Å². The van der Waals surface area contributed by atoms with Gasteiger partial charge in [0.1, 0.15) is 5.52 Å². The summed E-state index contributed by atoms with van der Waals surface area (Å²) in [7, 11) is -3.69. The topological polar surface area (TPSA) is 102 Å². The van der Waals surface area contributed by atoms with Gasteiger partial charge in [0.15, 0.2) is 5.76 Å². The van der Waals surface area contributed by atoms with Crippen LogP contribution < -0.4 is 5.32 Å². The van der Waals surface area contributed by atoms with Gasteiger partial charge >= 0.3 is 0 Å². The number of aryl methyl sites for hydroxylation is 1. The molecule has 5 rings (SSSR count). The zero-order valence-corrected chi connectivity index (χ0v) is 19.3. The van der Waals surface area contributed by atoms with Crippen LogP contribution in [0.5, 0.6) is 0 Å². The van der Waals surface area contributed by atoms with Gasteiger partial charge in [-0.25, -0.2) is 8.42 Å². The number of amides is 1. The second-order valence-electron chi connectivity index (χ2n) is 8.06. The summed E-state index contributed by atoms with van der Waals surface area (Å²) in [5, 5.41) is 7.63. The van der Waals surface area contributed by atoms with Crippen LogP contribution in [-0.4, -0.2) is 50.1 Å². The average molecular weight is 478 g/mol. The van der Waals surface area contributed by atoms with Crippen molar-refractivity contribution in [2.24, 2.45) is 0 Å². The van der Waals surface area contributed by atoms with Crippen molar-refractivity contribution in [1.29, 1.82) is 0 Å². The first-order chi connectivity index (χ1) is 16.4. The molecular weight excluding hydrogens is 454 g/mol. The number of rotatable bonds is 5. The third kappa shape index (κ3) is 4.21. The fraction of sp³-hybridized carbons (Fsp3) is 0.200. The fourth-order valence-electron chi connectivity index (χ4n) is 3.97. The highest BCUT2D eigenvalue weighted by Crippen LogP contribution is 2.30. The van der Waals surface area contributed by atoms with Gasteiger partial charge in [0, 0.05) is 29.9 Å². The van der Waals surface area contributed by atoms with Gasteiger partial charge in [-0.05, 0) is 42.8 Å². The van der Waals surface area contributed by atoms with Crippen molar-refractivity contribution in [2.45, 2.75) is 11.8 Å². The highest BCUT2D eigenvalue weighted by Gasteiger charge is 2.28. The largest absolute Gasteiger partial charge is 0.379 e. The lowest BCUT2D eigenvalue weighted by Gasteiger charge is -2.26. The van der Waals surface area contributed by atoms with Gasteiger partial charge in [-0.15, -0.1) is 0 Å². The molecule has 0 radical (unpaired) electrons. The van der Waals surface area contributed by atoms with Crippen molar-refractivity contribution in [3.8, 4) is 11.3 Å². The molecule has 174 valence electrons. The Hall–Kier alpha value is -3.53. The maximum Gasteiger partial charge on any atom is 0.255 e. The molecule has 1 aromatic heterocycles. The molecular formula is C25H23N3O5S. The van der Waals surface area contributed by atoms with Crippen molar-refractivity contribution in [2.75, 3.05) is 31.6 Å². The molecule has 34 heavy (non-hydrogen) atoms. The lowest BCUT2D eigenvalue weighted by molar-refractivity contribution is 0.0730. The van der Waals surface area contributed by atoms with Crippen molar-refractivity contribution >= 4 is 32.5 Å². The van der Waals surface area contributed by atoms with Crippen molar-refractivity contribution in [1.82, 2.24) is 9.46 Å². The summed E-state index contributed by atoms with van der Waals surface area (Å²) in [5.74, 6) is 0.222. The van der Waals surface area contributed by atoms with Crippen LogP contribution in [-0.2, 0) is 14.8 Å². The average Bonchev–Trinajstić information content (AvgIpc) is 3.29. The number of carbonyl (C=O) groups excluding carboxylic acids is 1. The van der Waals surface area contributed by atoms with Gasteiger partial charge in [0.2, 0.25) is 10.0 Å². The molecule has 1 aliphatic heterocycles. The summed E-state index contributed by atoms with van der Waals surface area (Å²) in [6.07, 6.45) is 0. The lowest BCUT2D eigenvalue weighted by atomic mass is 10.1. The van der Waals surface area contributed by atoms with Gasteiger partial charge in [0.25, 0.3) is 5.91 Å². The highest BCUT2D eigenvalue weighted by molar-refractivity contribution is 7.89. The summed E-state index contributed by atoms with van der Waals surface area (Å²) in [6.45, 7) is 3.08. The van der Waals surface area contributed by atoms with E-state index in [0.717, 1.165) is 10.9 Å². The Bertz CT molecular complexity index is 1460. The molecule has 4 aromatic rings. The molecule has 1 fully saturated rings. The molecule has 1 N–H and O–H groups in total. The third-order valence-corrected chi connectivity index (χ3v) is 7.85. The van der Waals surface area contributed by atoms with E-state index in [2.05, 4.69) is 10.5 Å². The van der Waals surface area contributed by atoms with E-state index in [1.54, 1.807) is 37.3 Å². The molecule has 1 amide bonds. The second-order valence-corrected chi connectivity index (χ2v) is 9.97. The number of nitrogens with one attached hydrogen (secondary N) is 1. The summed E-state index contributed by atoms with van der Waals surface area (Å²) < 4.78 is 38.5. The number of sulfonamides is 1. The van der Waals surface area contributed by atoms with E-state index in [0.29, 0.717) is 54.4 Å². The SMILES string of the molecule is Cc1ccc(NC(=O)c2ccc3noc(-c4ccccc4)c3c2)cc1S(=O)(=O)N1CCOCC1. The number of ether oxygens (including phenoxy) is 1. The Morgan fingerprint density at radius 1 is 1.00 bits per heavy atom. The molecule has 2 heterocycles. The molecule has 0 saturated carbocycles. The molecule has 0 bridgehead atoms. The maximum atomic E-state index is 13.1. The molecule has 0 spiro atoms. The number of nitrogens with zero attached hydrogens (tertiary/aromatic N) is 2. The maximum absolute atomic E-state index is 13.1. The highest BCUT2D eigenvalue weighted by atomic mass is 32.2. The summed E-state index contributed by atoms with van der Waals surface area (Å²) in [4.78, 5) is 13.2. The molecule has 8 nitrogen and oxygen atoms in total. The Morgan fingerprint density at radius 2 is 1.76 bits per heavy atom. The van der Waals surface area contributed by atoms with Crippen molar-refractivity contribution in [3.05, 3.63) is 77.9 Å². The number of benzene rings is 3. The fourth-order valence-corrected chi connectivity index (χ4v) is 5.62. The predicted octanol–water partition coefficient (Wildman–Crippen LogP) is 4.08. The number of aromatic nitrogens is 1. The number of fused-ring (bicyclic) bond motifs is 1. The molecule has 1 saturated heterocycles. The molecule has 3 aromatic carbocycles. The minimum absolute atomic E-state index is 0.174. The third-order valence-electron chi connectivity index (χ3n) is 5.81. The number of morpholine rings is 1. The van der Waals surface area contributed by atoms with Crippen LogP contribution in [0.1, 0.15) is 15.9 Å². The Kier molecular flexibility index (Phi) is 5.91. The number of hydrogen-bond donors (Lipinski definition) is 1. The predicted molar refractivity (Wildman–Crippen MR) is 128 cm³/mol. The van der Waals surface area contributed by atoms with Crippen molar-refractivity contribution < 1.29 is 22.5 Å². The van der Waals surface area contributed by atoms with Gasteiger partial charge < -0.3 is 14.6 Å². The monoisotopic (exact) mass is 477 g/mol. The van der Waals surface area contributed by atoms with Crippen LogP contribution in [0.4, 0.5) is 5.69 Å². The second kappa shape index (κ2) is 9.02. The molecule has 0 unspecified atom stereocenters. The molecule has 0 atom stereocenters. The Morgan fingerprint density at radius 3 is 2.53 bits per heavy atom. The minimum Gasteiger partial charge on any atom is -0.379 e. The van der Waals surface area contributed by atoms with Crippen LogP contribution in [0, 0.1) is 6.92 Å². The summed E-state index contributed by atoms with van der Waals surface area (Å²) in [5.41, 5.74) is 2.92. The first kappa shape index (κ1) is 22.3. The van der Waals surface area contributed by atoms with Crippen LogP contribution in [0.2, 0.25) is 0 Å². The minimum atomic E-state index is -3.69. The number of hydrogen-bond acceptors (Lipinski definition) is 6. The van der Waals surface area contributed by atoms with Gasteiger partial charge in [-0.2, -0.15) is 4.31 Å². The zero-order chi connectivity index (χ0) is 23.7. The van der Waals surface area contributed by atoms with Gasteiger partial charge in [-0.1, -0.05) is 41.6 Å². The van der Waals surface area contributed by atoms with Crippen molar-refractivity contribution in [3.63, 3.8) is 0 Å². The zero-order valence-electron chi connectivity index (χ0n) is 18.5. The number of carbonyl (C=O) groups is 1. The van der Waals surface area contributed by atoms with E-state index in [-0.39, 0.29) is 10.8 Å². The van der Waals surface area contributed by atoms with E-state index < -0.39 is 10.0 Å². The van der Waals surface area contributed by atoms with Crippen LogP contribution in [0.25, 0.3) is 22.2 Å².